The standard InChI is InChI=1S/C17H18F3NO6S/c1-11-8-13(9-14(22)27-10-12-6-4-3-5-7-12)21(15(11)16(23)26-2)28(24,25)17(18,19)20/h3-7,9,11,15H,8,10H2,1-2H3/b13-9+/t11-,15-/m0/s1. The Morgan fingerprint density at radius 2 is 1.86 bits per heavy atom. The molecule has 0 N–H and O–H groups in total. The molecule has 0 radical (unpaired) electrons. The molecule has 0 aliphatic carbocycles. The molecule has 2 rings (SSSR count). The molecule has 1 saturated heterocycles. The first-order valence-corrected chi connectivity index (χ1v) is 9.53. The quantitative estimate of drug-likeness (QED) is 0.536. The minimum absolute atomic E-state index is 0.0900. The maximum absolute atomic E-state index is 13.1. The summed E-state index contributed by atoms with van der Waals surface area (Å²) in [6.07, 6.45) is 0.404. The molecule has 1 aliphatic heterocycles. The van der Waals surface area contributed by atoms with Crippen molar-refractivity contribution >= 4 is 22.0 Å². The Labute approximate surface area is 159 Å². The molecule has 0 amide bonds. The monoisotopic (exact) mass is 421 g/mol. The summed E-state index contributed by atoms with van der Waals surface area (Å²) in [4.78, 5) is 23.9. The maximum atomic E-state index is 13.1. The minimum Gasteiger partial charge on any atom is -0.467 e. The van der Waals surface area contributed by atoms with Crippen LogP contribution in [0.4, 0.5) is 13.2 Å². The molecule has 0 unspecified atom stereocenters. The van der Waals surface area contributed by atoms with Crippen molar-refractivity contribution in [1.29, 1.82) is 0 Å². The van der Waals surface area contributed by atoms with Crippen LogP contribution < -0.4 is 0 Å². The molecule has 7 nitrogen and oxygen atoms in total. The summed E-state index contributed by atoms with van der Waals surface area (Å²) < 4.78 is 72.6. The summed E-state index contributed by atoms with van der Waals surface area (Å²) in [6.45, 7) is 1.24. The third-order valence-electron chi connectivity index (χ3n) is 4.11. The summed E-state index contributed by atoms with van der Waals surface area (Å²) in [7, 11) is -4.99. The number of allylic oxidation sites excluding steroid dienone is 1. The first kappa shape index (κ1) is 21.7. The predicted molar refractivity (Wildman–Crippen MR) is 90.7 cm³/mol. The molecule has 0 spiro atoms. The van der Waals surface area contributed by atoms with Crippen molar-refractivity contribution in [3.63, 3.8) is 0 Å². The number of rotatable bonds is 5. The molecule has 1 aromatic carbocycles. The first-order valence-electron chi connectivity index (χ1n) is 8.08. The van der Waals surface area contributed by atoms with Crippen LogP contribution in [-0.4, -0.2) is 43.3 Å². The zero-order valence-electron chi connectivity index (χ0n) is 15.0. The number of benzene rings is 1. The lowest BCUT2D eigenvalue weighted by Gasteiger charge is -2.27. The van der Waals surface area contributed by atoms with E-state index in [2.05, 4.69) is 4.74 Å². The van der Waals surface area contributed by atoms with Gasteiger partial charge in [0.25, 0.3) is 0 Å². The van der Waals surface area contributed by atoms with E-state index in [4.69, 9.17) is 4.74 Å². The maximum Gasteiger partial charge on any atom is 0.516 e. The fraction of sp³-hybridized carbons (Fsp3) is 0.412. The Morgan fingerprint density at radius 3 is 2.39 bits per heavy atom. The Kier molecular flexibility index (Phi) is 6.37. The molecular formula is C17H18F3NO6S. The van der Waals surface area contributed by atoms with Crippen molar-refractivity contribution in [1.82, 2.24) is 4.31 Å². The van der Waals surface area contributed by atoms with Crippen molar-refractivity contribution in [3.05, 3.63) is 47.7 Å². The van der Waals surface area contributed by atoms with Gasteiger partial charge in [-0.25, -0.2) is 9.59 Å². The lowest BCUT2D eigenvalue weighted by Crippen LogP contribution is -2.47. The molecule has 0 bridgehead atoms. The molecule has 28 heavy (non-hydrogen) atoms. The summed E-state index contributed by atoms with van der Waals surface area (Å²) in [5.74, 6) is -3.02. The zero-order valence-corrected chi connectivity index (χ0v) is 15.8. The summed E-state index contributed by atoms with van der Waals surface area (Å²) in [5.41, 5.74) is -5.50. The van der Waals surface area contributed by atoms with Gasteiger partial charge in [0, 0.05) is 11.8 Å². The van der Waals surface area contributed by atoms with Crippen LogP contribution in [0.25, 0.3) is 0 Å². The van der Waals surface area contributed by atoms with E-state index in [1.165, 1.54) is 6.92 Å². The summed E-state index contributed by atoms with van der Waals surface area (Å²) >= 11 is 0. The summed E-state index contributed by atoms with van der Waals surface area (Å²) in [5, 5.41) is 0. The number of ether oxygens (including phenoxy) is 2. The second-order valence-corrected chi connectivity index (χ2v) is 7.93. The third kappa shape index (κ3) is 4.46. The van der Waals surface area contributed by atoms with Crippen molar-refractivity contribution in [3.8, 4) is 0 Å². The van der Waals surface area contributed by atoms with Gasteiger partial charge >= 0.3 is 27.5 Å². The van der Waals surface area contributed by atoms with Crippen molar-refractivity contribution in [2.75, 3.05) is 7.11 Å². The van der Waals surface area contributed by atoms with E-state index >= 15 is 0 Å². The minimum atomic E-state index is -5.92. The van der Waals surface area contributed by atoms with Crippen molar-refractivity contribution in [2.45, 2.75) is 31.5 Å². The van der Waals surface area contributed by atoms with Crippen LogP contribution in [0.2, 0.25) is 0 Å². The molecule has 11 heteroatoms. The Balaban J connectivity index is 2.33. The van der Waals surface area contributed by atoms with Gasteiger partial charge in [-0.1, -0.05) is 37.3 Å². The number of carbonyl (C=O) groups excluding carboxylic acids is 2. The second-order valence-electron chi connectivity index (χ2n) is 6.12. The van der Waals surface area contributed by atoms with E-state index < -0.39 is 45.1 Å². The van der Waals surface area contributed by atoms with E-state index in [1.54, 1.807) is 30.3 Å². The lowest BCUT2D eigenvalue weighted by molar-refractivity contribution is -0.145. The molecular weight excluding hydrogens is 403 g/mol. The average molecular weight is 421 g/mol. The van der Waals surface area contributed by atoms with Crippen LogP contribution in [0.3, 0.4) is 0 Å². The number of sulfonamides is 1. The highest BCUT2D eigenvalue weighted by molar-refractivity contribution is 7.90. The fourth-order valence-corrected chi connectivity index (χ4v) is 4.09. The van der Waals surface area contributed by atoms with Gasteiger partial charge in [-0.2, -0.15) is 21.6 Å². The highest BCUT2D eigenvalue weighted by Gasteiger charge is 2.57. The molecule has 1 aromatic rings. The van der Waals surface area contributed by atoms with Crippen LogP contribution in [0, 0.1) is 5.92 Å². The summed E-state index contributed by atoms with van der Waals surface area (Å²) in [6, 6.07) is 6.78. The number of nitrogens with zero attached hydrogens (tertiary/aromatic N) is 1. The molecule has 1 fully saturated rings. The molecule has 154 valence electrons. The smallest absolute Gasteiger partial charge is 0.467 e. The Bertz CT molecular complexity index is 867. The van der Waals surface area contributed by atoms with Crippen LogP contribution in [0.15, 0.2) is 42.1 Å². The molecule has 1 aliphatic rings. The van der Waals surface area contributed by atoms with Crippen LogP contribution in [-0.2, 0) is 35.7 Å². The number of carbonyl (C=O) groups is 2. The van der Waals surface area contributed by atoms with Gasteiger partial charge in [0.05, 0.1) is 7.11 Å². The number of methoxy groups -OCH3 is 1. The zero-order chi connectivity index (χ0) is 21.1. The van der Waals surface area contributed by atoms with Crippen LogP contribution in [0.1, 0.15) is 18.9 Å². The van der Waals surface area contributed by atoms with E-state index in [-0.39, 0.29) is 17.3 Å². The highest BCUT2D eigenvalue weighted by Crippen LogP contribution is 2.41. The normalized spacial score (nSPS) is 21.6. The Morgan fingerprint density at radius 1 is 1.25 bits per heavy atom. The van der Waals surface area contributed by atoms with E-state index in [0.717, 1.165) is 7.11 Å². The van der Waals surface area contributed by atoms with Crippen LogP contribution in [0.5, 0.6) is 0 Å². The van der Waals surface area contributed by atoms with E-state index in [9.17, 15) is 31.2 Å². The lowest BCUT2D eigenvalue weighted by atomic mass is 10.0. The molecule has 1 heterocycles. The predicted octanol–water partition coefficient (Wildman–Crippen LogP) is 2.35. The number of alkyl halides is 3. The van der Waals surface area contributed by atoms with Gasteiger partial charge < -0.3 is 9.47 Å². The second kappa shape index (κ2) is 8.21. The van der Waals surface area contributed by atoms with Crippen molar-refractivity contribution < 1.29 is 40.7 Å². The van der Waals surface area contributed by atoms with Crippen molar-refractivity contribution in [2.24, 2.45) is 5.92 Å². The van der Waals surface area contributed by atoms with Gasteiger partial charge in [0.2, 0.25) is 0 Å². The number of hydrogen-bond donors (Lipinski definition) is 0. The highest BCUT2D eigenvalue weighted by atomic mass is 32.2. The van der Waals surface area contributed by atoms with E-state index in [1.807, 2.05) is 0 Å². The average Bonchev–Trinajstić information content (AvgIpc) is 2.95. The number of esters is 2. The largest absolute Gasteiger partial charge is 0.516 e. The number of hydrogen-bond acceptors (Lipinski definition) is 6. The molecule has 0 saturated carbocycles. The number of halogens is 3. The van der Waals surface area contributed by atoms with Crippen LogP contribution >= 0.6 is 0 Å². The SMILES string of the molecule is COC(=O)[C@@H]1[C@@H](C)C/C(=C\C(=O)OCc2ccccc2)N1S(=O)(=O)C(F)(F)F. The van der Waals surface area contributed by atoms with E-state index in [0.29, 0.717) is 11.6 Å². The van der Waals surface area contributed by atoms with Gasteiger partial charge in [0.15, 0.2) is 0 Å². The van der Waals surface area contributed by atoms with Gasteiger partial charge in [-0.15, -0.1) is 0 Å². The fourth-order valence-electron chi connectivity index (χ4n) is 2.83. The molecule has 0 aromatic heterocycles. The van der Waals surface area contributed by atoms with Gasteiger partial charge in [-0.3, -0.25) is 4.31 Å². The first-order chi connectivity index (χ1) is 13.0. The topological polar surface area (TPSA) is 90.0 Å². The van der Waals surface area contributed by atoms with Gasteiger partial charge in [-0.05, 0) is 17.9 Å². The Hall–Kier alpha value is -2.56. The third-order valence-corrected chi connectivity index (χ3v) is 5.67. The van der Waals surface area contributed by atoms with Gasteiger partial charge in [0.1, 0.15) is 12.6 Å². The molecule has 2 atom stereocenters.